The summed E-state index contributed by atoms with van der Waals surface area (Å²) in [4.78, 5) is 17.1. The van der Waals surface area contributed by atoms with E-state index in [2.05, 4.69) is 33.1 Å². The Balaban J connectivity index is 1.75. The van der Waals surface area contributed by atoms with Gasteiger partial charge in [0.25, 0.3) is 5.91 Å². The molecule has 0 atom stereocenters. The Bertz CT molecular complexity index is 995. The summed E-state index contributed by atoms with van der Waals surface area (Å²) in [6.45, 7) is 0.503. The molecule has 0 aliphatic heterocycles. The van der Waals surface area contributed by atoms with Crippen LogP contribution in [0.2, 0.25) is 5.02 Å². The third kappa shape index (κ3) is 5.51. The molecule has 0 heterocycles. The van der Waals surface area contributed by atoms with Crippen molar-refractivity contribution in [1.82, 2.24) is 16.0 Å². The molecule has 2 aromatic rings. The van der Waals surface area contributed by atoms with Crippen LogP contribution in [-0.2, 0) is 5.41 Å². The van der Waals surface area contributed by atoms with Gasteiger partial charge in [-0.3, -0.25) is 15.1 Å². The molecule has 0 aromatic heterocycles. The lowest BCUT2D eigenvalue weighted by Crippen LogP contribution is -2.49. The van der Waals surface area contributed by atoms with Gasteiger partial charge in [0.1, 0.15) is 5.75 Å². The number of nitrogens with one attached hydrogen (secondary N) is 3. The number of rotatable bonds is 6. The highest BCUT2D eigenvalue weighted by Gasteiger charge is 2.37. The smallest absolute Gasteiger partial charge is 0.255 e. The molecule has 32 heavy (non-hydrogen) atoms. The number of methoxy groups -OCH3 is 1. The summed E-state index contributed by atoms with van der Waals surface area (Å²) in [5.41, 5.74) is 1.44. The first-order chi connectivity index (χ1) is 15.5. The number of guanidine groups is 1. The van der Waals surface area contributed by atoms with Crippen LogP contribution in [0.3, 0.4) is 0 Å². The molecule has 168 valence electrons. The summed E-state index contributed by atoms with van der Waals surface area (Å²) in [6.07, 6.45) is 5.43. The summed E-state index contributed by atoms with van der Waals surface area (Å²) in [6, 6.07) is 15.5. The second-order valence-electron chi connectivity index (χ2n) is 7.90. The van der Waals surface area contributed by atoms with E-state index in [0.717, 1.165) is 25.7 Å². The molecule has 0 saturated heterocycles. The van der Waals surface area contributed by atoms with Crippen molar-refractivity contribution in [3.8, 4) is 11.9 Å². The molecular weight excluding hydrogens is 426 g/mol. The molecule has 0 unspecified atom stereocenters. The number of carbonyl (C=O) groups excluding carboxylic acids is 1. The molecule has 1 amide bonds. The van der Waals surface area contributed by atoms with Crippen molar-refractivity contribution < 1.29 is 9.53 Å². The normalized spacial score (nSPS) is 20.7. The molecule has 1 aliphatic carbocycles. The van der Waals surface area contributed by atoms with Crippen LogP contribution in [0.5, 0.6) is 5.75 Å². The van der Waals surface area contributed by atoms with Gasteiger partial charge in [0, 0.05) is 30.1 Å². The predicted octanol–water partition coefficient (Wildman–Crippen LogP) is 3.61. The van der Waals surface area contributed by atoms with Gasteiger partial charge in [-0.1, -0.05) is 41.9 Å². The number of hydrogen-bond acceptors (Lipinski definition) is 4. The quantitative estimate of drug-likeness (QED) is 0.268. The van der Waals surface area contributed by atoms with Crippen molar-refractivity contribution in [1.29, 1.82) is 5.26 Å². The lowest BCUT2D eigenvalue weighted by atomic mass is 9.68. The van der Waals surface area contributed by atoms with Crippen molar-refractivity contribution in [3.05, 3.63) is 64.7 Å². The maximum Gasteiger partial charge on any atom is 0.255 e. The van der Waals surface area contributed by atoms with E-state index in [0.29, 0.717) is 28.8 Å². The topological polar surface area (TPSA) is 98.5 Å². The Kier molecular flexibility index (Phi) is 7.96. The van der Waals surface area contributed by atoms with E-state index in [1.54, 1.807) is 25.2 Å². The van der Waals surface area contributed by atoms with Gasteiger partial charge in [-0.2, -0.15) is 5.26 Å². The van der Waals surface area contributed by atoms with Gasteiger partial charge >= 0.3 is 0 Å². The zero-order valence-corrected chi connectivity index (χ0v) is 19.1. The maximum absolute atomic E-state index is 13.0. The van der Waals surface area contributed by atoms with Crippen LogP contribution in [0.15, 0.2) is 53.5 Å². The number of benzene rings is 2. The molecule has 2 aromatic carbocycles. The van der Waals surface area contributed by atoms with Gasteiger partial charge in [0.05, 0.1) is 12.7 Å². The van der Waals surface area contributed by atoms with Crippen molar-refractivity contribution in [2.75, 3.05) is 20.7 Å². The monoisotopic (exact) mass is 453 g/mol. The first-order valence-electron chi connectivity index (χ1n) is 10.6. The Morgan fingerprint density at radius 3 is 2.59 bits per heavy atom. The summed E-state index contributed by atoms with van der Waals surface area (Å²) in [5, 5.41) is 18.3. The Morgan fingerprint density at radius 1 is 1.25 bits per heavy atom. The predicted molar refractivity (Wildman–Crippen MR) is 126 cm³/mol. The molecule has 3 rings (SSSR count). The molecule has 7 nitrogen and oxygen atoms in total. The Labute approximate surface area is 193 Å². The highest BCUT2D eigenvalue weighted by molar-refractivity contribution is 6.31. The van der Waals surface area contributed by atoms with Gasteiger partial charge in [-0.15, -0.1) is 0 Å². The largest absolute Gasteiger partial charge is 0.496 e. The summed E-state index contributed by atoms with van der Waals surface area (Å²) in [5.74, 6) is 0.759. The lowest BCUT2D eigenvalue weighted by Gasteiger charge is -2.41. The number of ether oxygens (including phenoxy) is 1. The summed E-state index contributed by atoms with van der Waals surface area (Å²) < 4.78 is 5.34. The van der Waals surface area contributed by atoms with Gasteiger partial charge in [-0.05, 0) is 49.4 Å². The third-order valence-corrected chi connectivity index (χ3v) is 6.30. The van der Waals surface area contributed by atoms with E-state index in [4.69, 9.17) is 21.6 Å². The summed E-state index contributed by atoms with van der Waals surface area (Å²) in [7, 11) is 3.18. The molecule has 1 saturated carbocycles. The SMILES string of the molecule is CN=C(NC#N)NC1CCC(CNC(=O)c2cc(Cl)ccc2OC)(c2ccccc2)CC1. The van der Waals surface area contributed by atoms with Crippen molar-refractivity contribution >= 4 is 23.5 Å². The van der Waals surface area contributed by atoms with Crippen molar-refractivity contribution in [3.63, 3.8) is 0 Å². The van der Waals surface area contributed by atoms with E-state index >= 15 is 0 Å². The number of halogens is 1. The van der Waals surface area contributed by atoms with Crippen LogP contribution in [-0.4, -0.2) is 38.6 Å². The molecule has 0 bridgehead atoms. The van der Waals surface area contributed by atoms with Gasteiger partial charge in [0.15, 0.2) is 6.19 Å². The minimum absolute atomic E-state index is 0.187. The van der Waals surface area contributed by atoms with Crippen LogP contribution < -0.4 is 20.7 Å². The standard InChI is InChI=1S/C24H28ClN5O2/c1-27-23(29-16-26)30-19-10-12-24(13-11-19,17-6-4-3-5-7-17)15-28-22(31)20-14-18(25)8-9-21(20)32-2/h3-9,14,19H,10-13,15H2,1-2H3,(H,28,31)(H2,27,29,30). The number of carbonyl (C=O) groups is 1. The molecule has 0 radical (unpaired) electrons. The second-order valence-corrected chi connectivity index (χ2v) is 8.34. The van der Waals surface area contributed by atoms with Crippen molar-refractivity contribution in [2.45, 2.75) is 37.1 Å². The van der Waals surface area contributed by atoms with E-state index < -0.39 is 0 Å². The Morgan fingerprint density at radius 2 is 1.97 bits per heavy atom. The number of hydrogen-bond donors (Lipinski definition) is 3. The second kappa shape index (κ2) is 10.9. The zero-order valence-electron chi connectivity index (χ0n) is 18.3. The number of aliphatic imine (C=N–C) groups is 1. The zero-order chi connectivity index (χ0) is 23.0. The molecule has 3 N–H and O–H groups in total. The fraction of sp³-hybridized carbons (Fsp3) is 0.375. The van der Waals surface area contributed by atoms with E-state index in [-0.39, 0.29) is 17.4 Å². The average Bonchev–Trinajstić information content (AvgIpc) is 2.83. The van der Waals surface area contributed by atoms with Crippen LogP contribution in [0.4, 0.5) is 0 Å². The lowest BCUT2D eigenvalue weighted by molar-refractivity contribution is 0.0932. The fourth-order valence-electron chi connectivity index (χ4n) is 4.28. The highest BCUT2D eigenvalue weighted by atomic mass is 35.5. The number of nitriles is 1. The first kappa shape index (κ1) is 23.4. The Hall–Kier alpha value is -3.24. The third-order valence-electron chi connectivity index (χ3n) is 6.06. The first-order valence-corrected chi connectivity index (χ1v) is 10.9. The average molecular weight is 454 g/mol. The number of nitrogens with zero attached hydrogens (tertiary/aromatic N) is 2. The van der Waals surface area contributed by atoms with Crippen LogP contribution in [0, 0.1) is 11.5 Å². The van der Waals surface area contributed by atoms with E-state index in [1.807, 2.05) is 24.4 Å². The molecule has 0 spiro atoms. The van der Waals surface area contributed by atoms with E-state index in [1.165, 1.54) is 12.7 Å². The molecular formula is C24H28ClN5O2. The van der Waals surface area contributed by atoms with Gasteiger partial charge in [0.2, 0.25) is 5.96 Å². The minimum atomic E-state index is -0.210. The van der Waals surface area contributed by atoms with Gasteiger partial charge in [-0.25, -0.2) is 0 Å². The van der Waals surface area contributed by atoms with Crippen LogP contribution in [0.25, 0.3) is 0 Å². The maximum atomic E-state index is 13.0. The summed E-state index contributed by atoms with van der Waals surface area (Å²) >= 11 is 6.10. The molecule has 8 heteroatoms. The highest BCUT2D eigenvalue weighted by Crippen LogP contribution is 2.39. The van der Waals surface area contributed by atoms with Crippen molar-refractivity contribution in [2.24, 2.45) is 4.99 Å². The van der Waals surface area contributed by atoms with Crippen LogP contribution in [0.1, 0.15) is 41.6 Å². The molecule has 1 aliphatic rings. The van der Waals surface area contributed by atoms with E-state index in [9.17, 15) is 4.79 Å². The minimum Gasteiger partial charge on any atom is -0.496 e. The number of amides is 1. The van der Waals surface area contributed by atoms with Gasteiger partial charge < -0.3 is 15.4 Å². The fourth-order valence-corrected chi connectivity index (χ4v) is 4.45. The van der Waals surface area contributed by atoms with Crippen LogP contribution >= 0.6 is 11.6 Å². The molecule has 1 fully saturated rings.